The molecule has 0 spiro atoms. The Morgan fingerprint density at radius 1 is 1.41 bits per heavy atom. The van der Waals surface area contributed by atoms with E-state index in [-0.39, 0.29) is 30.3 Å². The number of halogens is 1. The maximum absolute atomic E-state index is 12.5. The molecule has 0 radical (unpaired) electrons. The largest absolute Gasteiger partial charge is 0.349 e. The fourth-order valence-corrected chi connectivity index (χ4v) is 3.00. The van der Waals surface area contributed by atoms with Crippen molar-refractivity contribution in [2.75, 3.05) is 13.1 Å². The molecule has 120 valence electrons. The molecule has 1 aromatic carbocycles. The molecule has 0 bridgehead atoms. The summed E-state index contributed by atoms with van der Waals surface area (Å²) in [6.45, 7) is 2.82. The molecule has 1 aliphatic rings. The second-order valence-corrected chi connectivity index (χ2v) is 6.67. The quantitative estimate of drug-likeness (QED) is 0.853. The smallest absolute Gasteiger partial charge is 0.225 e. The topological polar surface area (TPSA) is 75.4 Å². The Hall–Kier alpha value is -1.40. The third-order valence-corrected chi connectivity index (χ3v) is 4.37. The summed E-state index contributed by atoms with van der Waals surface area (Å²) < 4.78 is 0.964. The first-order valence-electron chi connectivity index (χ1n) is 7.51. The molecule has 1 saturated heterocycles. The SMILES string of the molecule is CC(=O)N[C@@H](CC(=O)N1CCC[C@@H](N)C1)c1ccc(Br)cc1. The summed E-state index contributed by atoms with van der Waals surface area (Å²) in [6.07, 6.45) is 2.16. The molecule has 2 rings (SSSR count). The molecule has 0 unspecified atom stereocenters. The molecular formula is C16H22BrN3O2. The molecule has 22 heavy (non-hydrogen) atoms. The van der Waals surface area contributed by atoms with E-state index in [2.05, 4.69) is 21.2 Å². The van der Waals surface area contributed by atoms with Crippen LogP contribution in [0.1, 0.15) is 37.8 Å². The molecule has 3 N–H and O–H groups in total. The minimum absolute atomic E-state index is 0.0387. The summed E-state index contributed by atoms with van der Waals surface area (Å²) in [7, 11) is 0. The Balaban J connectivity index is 2.07. The number of piperidine rings is 1. The molecule has 1 aromatic rings. The summed E-state index contributed by atoms with van der Waals surface area (Å²) in [5.41, 5.74) is 6.86. The van der Waals surface area contributed by atoms with Crippen molar-refractivity contribution >= 4 is 27.7 Å². The zero-order valence-electron chi connectivity index (χ0n) is 12.7. The summed E-state index contributed by atoms with van der Waals surface area (Å²) in [5.74, 6) is -0.104. The van der Waals surface area contributed by atoms with Gasteiger partial charge >= 0.3 is 0 Å². The van der Waals surface area contributed by atoms with Crippen LogP contribution in [-0.4, -0.2) is 35.8 Å². The van der Waals surface area contributed by atoms with Crippen molar-refractivity contribution in [2.24, 2.45) is 5.73 Å². The molecule has 0 saturated carbocycles. The van der Waals surface area contributed by atoms with Crippen molar-refractivity contribution < 1.29 is 9.59 Å². The van der Waals surface area contributed by atoms with Crippen LogP contribution >= 0.6 is 15.9 Å². The lowest BCUT2D eigenvalue weighted by molar-refractivity contribution is -0.133. The van der Waals surface area contributed by atoms with Gasteiger partial charge in [0.05, 0.1) is 12.5 Å². The van der Waals surface area contributed by atoms with Gasteiger partial charge in [-0.05, 0) is 30.5 Å². The fourth-order valence-electron chi connectivity index (χ4n) is 2.73. The van der Waals surface area contributed by atoms with E-state index >= 15 is 0 Å². The predicted molar refractivity (Wildman–Crippen MR) is 89.1 cm³/mol. The van der Waals surface area contributed by atoms with Crippen LogP contribution in [0.3, 0.4) is 0 Å². The summed E-state index contributed by atoms with van der Waals surface area (Å²) >= 11 is 3.39. The van der Waals surface area contributed by atoms with Crippen LogP contribution in [0, 0.1) is 0 Å². The first-order valence-corrected chi connectivity index (χ1v) is 8.31. The van der Waals surface area contributed by atoms with E-state index in [1.54, 1.807) is 0 Å². The molecule has 1 heterocycles. The number of amides is 2. The Morgan fingerprint density at radius 3 is 2.68 bits per heavy atom. The second-order valence-electron chi connectivity index (χ2n) is 5.75. The monoisotopic (exact) mass is 367 g/mol. The van der Waals surface area contributed by atoms with Crippen LogP contribution in [0.4, 0.5) is 0 Å². The number of hydrogen-bond acceptors (Lipinski definition) is 3. The zero-order valence-corrected chi connectivity index (χ0v) is 14.3. The van der Waals surface area contributed by atoms with Crippen LogP contribution in [0.2, 0.25) is 0 Å². The summed E-state index contributed by atoms with van der Waals surface area (Å²) in [4.78, 5) is 25.7. The molecule has 2 atom stereocenters. The third-order valence-electron chi connectivity index (χ3n) is 3.84. The average molecular weight is 368 g/mol. The maximum atomic E-state index is 12.5. The van der Waals surface area contributed by atoms with E-state index in [1.807, 2.05) is 29.2 Å². The number of nitrogens with one attached hydrogen (secondary N) is 1. The van der Waals surface area contributed by atoms with Crippen molar-refractivity contribution in [3.63, 3.8) is 0 Å². The van der Waals surface area contributed by atoms with E-state index in [4.69, 9.17) is 5.73 Å². The Morgan fingerprint density at radius 2 is 2.09 bits per heavy atom. The van der Waals surface area contributed by atoms with Crippen LogP contribution in [-0.2, 0) is 9.59 Å². The molecule has 0 aromatic heterocycles. The van der Waals surface area contributed by atoms with Crippen LogP contribution < -0.4 is 11.1 Å². The van der Waals surface area contributed by atoms with Crippen LogP contribution in [0.15, 0.2) is 28.7 Å². The lowest BCUT2D eigenvalue weighted by Gasteiger charge is -2.32. The number of rotatable bonds is 4. The number of likely N-dealkylation sites (tertiary alicyclic amines) is 1. The number of carbonyl (C=O) groups is 2. The van der Waals surface area contributed by atoms with Gasteiger partial charge in [0.1, 0.15) is 0 Å². The summed E-state index contributed by atoms with van der Waals surface area (Å²) in [5, 5.41) is 2.86. The van der Waals surface area contributed by atoms with Gasteiger partial charge in [-0.1, -0.05) is 28.1 Å². The van der Waals surface area contributed by atoms with Gasteiger partial charge in [-0.2, -0.15) is 0 Å². The number of carbonyl (C=O) groups excluding carboxylic acids is 2. The molecule has 2 amide bonds. The number of nitrogens with two attached hydrogens (primary N) is 1. The predicted octanol–water partition coefficient (Wildman–Crippen LogP) is 1.97. The third kappa shape index (κ3) is 4.81. The lowest BCUT2D eigenvalue weighted by atomic mass is 10.0. The Kier molecular flexibility index (Phi) is 5.97. The van der Waals surface area contributed by atoms with E-state index in [9.17, 15) is 9.59 Å². The van der Waals surface area contributed by atoms with E-state index in [0.29, 0.717) is 6.54 Å². The highest BCUT2D eigenvalue weighted by Crippen LogP contribution is 2.21. The molecular weight excluding hydrogens is 346 g/mol. The Labute approximate surface area is 139 Å². The molecule has 1 aliphatic heterocycles. The van der Waals surface area contributed by atoms with Crippen molar-refractivity contribution in [3.05, 3.63) is 34.3 Å². The van der Waals surface area contributed by atoms with Crippen molar-refractivity contribution in [2.45, 2.75) is 38.3 Å². The lowest BCUT2D eigenvalue weighted by Crippen LogP contribution is -2.46. The zero-order chi connectivity index (χ0) is 16.1. The van der Waals surface area contributed by atoms with Gasteiger partial charge in [-0.3, -0.25) is 9.59 Å². The number of benzene rings is 1. The minimum atomic E-state index is -0.309. The number of nitrogens with zero attached hydrogens (tertiary/aromatic N) is 1. The van der Waals surface area contributed by atoms with E-state index < -0.39 is 0 Å². The van der Waals surface area contributed by atoms with Crippen molar-refractivity contribution in [1.29, 1.82) is 0 Å². The fraction of sp³-hybridized carbons (Fsp3) is 0.500. The van der Waals surface area contributed by atoms with Crippen molar-refractivity contribution in [3.8, 4) is 0 Å². The summed E-state index contributed by atoms with van der Waals surface area (Å²) in [6, 6.07) is 7.40. The van der Waals surface area contributed by atoms with Gasteiger partial charge in [-0.15, -0.1) is 0 Å². The van der Waals surface area contributed by atoms with Gasteiger partial charge in [0.15, 0.2) is 0 Å². The van der Waals surface area contributed by atoms with E-state index in [0.717, 1.165) is 29.4 Å². The van der Waals surface area contributed by atoms with Gasteiger partial charge in [0, 0.05) is 30.5 Å². The number of hydrogen-bond donors (Lipinski definition) is 2. The van der Waals surface area contributed by atoms with Gasteiger partial charge in [0.25, 0.3) is 0 Å². The van der Waals surface area contributed by atoms with Gasteiger partial charge in [0.2, 0.25) is 11.8 Å². The van der Waals surface area contributed by atoms with Crippen LogP contribution in [0.5, 0.6) is 0 Å². The van der Waals surface area contributed by atoms with Gasteiger partial charge < -0.3 is 16.0 Å². The Bertz CT molecular complexity index is 533. The normalized spacial score (nSPS) is 19.6. The van der Waals surface area contributed by atoms with Crippen LogP contribution in [0.25, 0.3) is 0 Å². The molecule has 6 heteroatoms. The van der Waals surface area contributed by atoms with Crippen molar-refractivity contribution in [1.82, 2.24) is 10.2 Å². The first-order chi connectivity index (χ1) is 10.5. The van der Waals surface area contributed by atoms with Gasteiger partial charge in [-0.25, -0.2) is 0 Å². The molecule has 0 aliphatic carbocycles. The standard InChI is InChI=1S/C16H22BrN3O2/c1-11(21)19-15(12-4-6-13(17)7-5-12)9-16(22)20-8-2-3-14(18)10-20/h4-7,14-15H,2-3,8-10,18H2,1H3,(H,19,21)/t14-,15+/m1/s1. The first kappa shape index (κ1) is 17.0. The average Bonchev–Trinajstić information content (AvgIpc) is 2.47. The van der Waals surface area contributed by atoms with E-state index in [1.165, 1.54) is 6.92 Å². The second kappa shape index (κ2) is 7.74. The molecule has 1 fully saturated rings. The highest BCUT2D eigenvalue weighted by atomic mass is 79.9. The highest BCUT2D eigenvalue weighted by molar-refractivity contribution is 9.10. The highest BCUT2D eigenvalue weighted by Gasteiger charge is 2.24. The minimum Gasteiger partial charge on any atom is -0.349 e. The maximum Gasteiger partial charge on any atom is 0.225 e. The molecule has 5 nitrogen and oxygen atoms in total.